The van der Waals surface area contributed by atoms with E-state index in [9.17, 15) is 48.6 Å². The molecule has 318 valence electrons. The van der Waals surface area contributed by atoms with Gasteiger partial charge in [0.1, 0.15) is 29.9 Å². The number of aromatic amines is 1. The third-order valence-electron chi connectivity index (χ3n) is 8.75. The van der Waals surface area contributed by atoms with Crippen LogP contribution in [0.1, 0.15) is 49.9 Å². The first-order valence-corrected chi connectivity index (χ1v) is 18.7. The number of benzene rings is 2. The molecule has 0 bridgehead atoms. The van der Waals surface area contributed by atoms with Gasteiger partial charge in [0, 0.05) is 37.6 Å². The Bertz CT molecular complexity index is 1890. The first-order valence-electron chi connectivity index (χ1n) is 18.7. The van der Waals surface area contributed by atoms with Crippen molar-refractivity contribution in [2.45, 2.75) is 82.6 Å². The highest BCUT2D eigenvalue weighted by atomic mass is 16.4. The minimum atomic E-state index is -1.30. The molecule has 6 amide bonds. The molecule has 20 nitrogen and oxygen atoms in total. The minimum Gasteiger partial charge on any atom is -0.508 e. The van der Waals surface area contributed by atoms with Crippen LogP contribution in [-0.2, 0) is 57.6 Å². The second-order valence-corrected chi connectivity index (χ2v) is 14.1. The molecule has 0 aliphatic carbocycles. The monoisotopic (exact) mass is 821 g/mol. The molecule has 1 aromatic heterocycles. The van der Waals surface area contributed by atoms with Gasteiger partial charge in [0.15, 0.2) is 0 Å². The van der Waals surface area contributed by atoms with Crippen LogP contribution in [0.4, 0.5) is 0 Å². The van der Waals surface area contributed by atoms with Crippen molar-refractivity contribution in [2.24, 2.45) is 11.7 Å². The topological polar surface area (TPSA) is 324 Å². The van der Waals surface area contributed by atoms with Gasteiger partial charge in [-0.05, 0) is 42.0 Å². The van der Waals surface area contributed by atoms with Gasteiger partial charge in [0.2, 0.25) is 35.4 Å². The number of carbonyl (C=O) groups excluding carboxylic acids is 6. The zero-order chi connectivity index (χ0) is 43.5. The summed E-state index contributed by atoms with van der Waals surface area (Å²) in [6.45, 7) is 2.31. The van der Waals surface area contributed by atoms with Crippen molar-refractivity contribution in [2.75, 3.05) is 13.1 Å². The zero-order valence-electron chi connectivity index (χ0n) is 32.6. The molecule has 0 aliphatic rings. The second kappa shape index (κ2) is 23.4. The van der Waals surface area contributed by atoms with E-state index in [4.69, 9.17) is 10.8 Å². The Balaban J connectivity index is 1.74. The Morgan fingerprint density at radius 2 is 1.20 bits per heavy atom. The van der Waals surface area contributed by atoms with E-state index in [1.54, 1.807) is 44.2 Å². The van der Waals surface area contributed by atoms with E-state index in [2.05, 4.69) is 41.9 Å². The summed E-state index contributed by atoms with van der Waals surface area (Å²) in [6, 6.07) is 8.09. The quantitative estimate of drug-likeness (QED) is 0.0498. The lowest BCUT2D eigenvalue weighted by molar-refractivity contribution is -0.142. The summed E-state index contributed by atoms with van der Waals surface area (Å²) < 4.78 is 0. The molecule has 0 spiro atoms. The fourth-order valence-electron chi connectivity index (χ4n) is 5.69. The lowest BCUT2D eigenvalue weighted by Crippen LogP contribution is -2.57. The summed E-state index contributed by atoms with van der Waals surface area (Å²) in [6.07, 6.45) is 2.12. The number of nitrogens with two attached hydrogens (primary N) is 1. The van der Waals surface area contributed by atoms with Gasteiger partial charge in [-0.3, -0.25) is 33.6 Å². The summed E-state index contributed by atoms with van der Waals surface area (Å²) in [5.41, 5.74) is 7.48. The smallest absolute Gasteiger partial charge is 0.326 e. The Hall–Kier alpha value is -6.83. The first kappa shape index (κ1) is 46.6. The number of hydrogen-bond acceptors (Lipinski definition) is 11. The average molecular weight is 822 g/mol. The van der Waals surface area contributed by atoms with E-state index in [1.165, 1.54) is 36.8 Å². The van der Waals surface area contributed by atoms with Gasteiger partial charge >= 0.3 is 11.9 Å². The minimum absolute atomic E-state index is 0.0408. The SMILES string of the molecule is CC(C)CC(NC(=O)CNC(=O)C(Cc1ccc(O)cc1)NC(=O)CNC(=O)C(Cc1ccccc1)NC(=O)C(Cc1cnc[nH]1)NC(=O)C(N)CCC(=O)O)C(=O)O. The third kappa shape index (κ3) is 17.1. The van der Waals surface area contributed by atoms with Gasteiger partial charge in [-0.15, -0.1) is 0 Å². The summed E-state index contributed by atoms with van der Waals surface area (Å²) >= 11 is 0. The van der Waals surface area contributed by atoms with E-state index < -0.39 is 90.7 Å². The van der Waals surface area contributed by atoms with Crippen LogP contribution in [0.5, 0.6) is 5.75 Å². The molecule has 0 fully saturated rings. The summed E-state index contributed by atoms with van der Waals surface area (Å²) in [7, 11) is 0. The fraction of sp³-hybridized carbons (Fsp3) is 0.410. The van der Waals surface area contributed by atoms with Crippen molar-refractivity contribution in [3.05, 3.63) is 83.9 Å². The maximum absolute atomic E-state index is 13.7. The van der Waals surface area contributed by atoms with Crippen molar-refractivity contribution in [3.8, 4) is 5.75 Å². The van der Waals surface area contributed by atoms with Crippen LogP contribution in [0.25, 0.3) is 0 Å². The van der Waals surface area contributed by atoms with Crippen LogP contribution in [0, 0.1) is 5.92 Å². The van der Waals surface area contributed by atoms with Gasteiger partial charge in [0.05, 0.1) is 25.5 Å². The number of aromatic hydroxyl groups is 1. The van der Waals surface area contributed by atoms with Gasteiger partial charge in [0.25, 0.3) is 0 Å². The van der Waals surface area contributed by atoms with Crippen LogP contribution >= 0.6 is 0 Å². The number of carboxylic acids is 2. The number of phenolic OH excluding ortho intramolecular Hbond substituents is 1. The molecule has 5 unspecified atom stereocenters. The number of phenols is 1. The van der Waals surface area contributed by atoms with Crippen molar-refractivity contribution in [1.82, 2.24) is 41.9 Å². The molecule has 12 N–H and O–H groups in total. The molecule has 3 aromatic rings. The number of nitrogens with zero attached hydrogens (tertiary/aromatic N) is 1. The van der Waals surface area contributed by atoms with E-state index in [0.717, 1.165) is 0 Å². The number of carboxylic acid groups (broad SMARTS) is 2. The summed E-state index contributed by atoms with van der Waals surface area (Å²) in [5.74, 6) is -7.27. The van der Waals surface area contributed by atoms with Crippen LogP contribution in [-0.4, -0.2) is 116 Å². The average Bonchev–Trinajstić information content (AvgIpc) is 3.71. The molecule has 5 atom stereocenters. The number of nitrogens with one attached hydrogen (secondary N) is 7. The van der Waals surface area contributed by atoms with Gasteiger partial charge in [-0.25, -0.2) is 9.78 Å². The number of amides is 6. The Morgan fingerprint density at radius 3 is 1.73 bits per heavy atom. The molecule has 20 heteroatoms. The normalized spacial score (nSPS) is 13.4. The van der Waals surface area contributed by atoms with E-state index in [-0.39, 0.29) is 50.2 Å². The lowest BCUT2D eigenvalue weighted by Gasteiger charge is -2.24. The standard InChI is InChI=1S/C39H51N9O11/c1-22(2)14-31(39(58)59)46-33(51)20-42-36(55)28(16-24-8-10-26(49)11-9-24)45-32(50)19-43-37(56)29(15-23-6-4-3-5-7-23)48-38(57)30(17-25-18-41-21-44-25)47-35(54)27(40)12-13-34(52)53/h3-11,18,21-22,27-31,49H,12-17,19-20,40H2,1-2H3,(H,41,44)(H,42,55)(H,43,56)(H,45,50)(H,46,51)(H,47,54)(H,48,57)(H,52,53)(H,58,59). The molecular weight excluding hydrogens is 770 g/mol. The van der Waals surface area contributed by atoms with Crippen LogP contribution < -0.4 is 37.6 Å². The van der Waals surface area contributed by atoms with E-state index in [1.807, 2.05) is 0 Å². The van der Waals surface area contributed by atoms with Gasteiger partial charge < -0.3 is 57.9 Å². The second-order valence-electron chi connectivity index (χ2n) is 14.1. The Morgan fingerprint density at radius 1 is 0.678 bits per heavy atom. The van der Waals surface area contributed by atoms with Crippen molar-refractivity contribution < 1.29 is 53.7 Å². The van der Waals surface area contributed by atoms with Crippen molar-refractivity contribution >= 4 is 47.4 Å². The fourth-order valence-corrected chi connectivity index (χ4v) is 5.69. The van der Waals surface area contributed by atoms with Crippen LogP contribution in [0.3, 0.4) is 0 Å². The maximum atomic E-state index is 13.7. The van der Waals surface area contributed by atoms with Crippen molar-refractivity contribution in [3.63, 3.8) is 0 Å². The van der Waals surface area contributed by atoms with Crippen LogP contribution in [0.2, 0.25) is 0 Å². The molecule has 1 heterocycles. The Kier molecular flexibility index (Phi) is 18.5. The van der Waals surface area contributed by atoms with Gasteiger partial charge in [-0.2, -0.15) is 0 Å². The number of aromatic nitrogens is 2. The summed E-state index contributed by atoms with van der Waals surface area (Å²) in [4.78, 5) is 109. The highest BCUT2D eigenvalue weighted by molar-refractivity contribution is 5.96. The molecule has 3 rings (SSSR count). The van der Waals surface area contributed by atoms with E-state index in [0.29, 0.717) is 16.8 Å². The Labute approximate surface area is 339 Å². The molecule has 0 aliphatic heterocycles. The third-order valence-corrected chi connectivity index (χ3v) is 8.75. The first-order chi connectivity index (χ1) is 28.0. The highest BCUT2D eigenvalue weighted by Crippen LogP contribution is 2.12. The molecule has 59 heavy (non-hydrogen) atoms. The molecule has 0 saturated heterocycles. The highest BCUT2D eigenvalue weighted by Gasteiger charge is 2.30. The molecule has 2 aromatic carbocycles. The predicted molar refractivity (Wildman–Crippen MR) is 210 cm³/mol. The largest absolute Gasteiger partial charge is 0.508 e. The number of aliphatic carboxylic acids is 2. The molecule has 0 saturated carbocycles. The predicted octanol–water partition coefficient (Wildman–Crippen LogP) is -1.36. The number of hydrogen-bond donors (Lipinski definition) is 11. The maximum Gasteiger partial charge on any atom is 0.326 e. The number of carbonyl (C=O) groups is 8. The number of rotatable bonds is 24. The molecule has 0 radical (unpaired) electrons. The van der Waals surface area contributed by atoms with Gasteiger partial charge in [-0.1, -0.05) is 56.3 Å². The summed E-state index contributed by atoms with van der Waals surface area (Å²) in [5, 5.41) is 43.0. The number of imidazole rings is 1. The number of H-pyrrole nitrogens is 1. The van der Waals surface area contributed by atoms with Crippen LogP contribution in [0.15, 0.2) is 67.1 Å². The van der Waals surface area contributed by atoms with Crippen molar-refractivity contribution in [1.29, 1.82) is 0 Å². The lowest BCUT2D eigenvalue weighted by atomic mass is 10.0. The zero-order valence-corrected chi connectivity index (χ0v) is 32.6. The van der Waals surface area contributed by atoms with E-state index >= 15 is 0 Å². The molecular formula is C39H51N9O11.